The Hall–Kier alpha value is -0.560. The largest absolute Gasteiger partial charge is 0.296 e. The highest BCUT2D eigenvalue weighted by molar-refractivity contribution is 5.38. The van der Waals surface area contributed by atoms with E-state index in [1.165, 1.54) is 38.8 Å². The van der Waals surface area contributed by atoms with Crippen molar-refractivity contribution in [3.63, 3.8) is 0 Å². The molecule has 0 radical (unpaired) electrons. The summed E-state index contributed by atoms with van der Waals surface area (Å²) in [7, 11) is 0. The Balaban J connectivity index is 2.02. The van der Waals surface area contributed by atoms with E-state index in [9.17, 15) is 0 Å². The predicted molar refractivity (Wildman–Crippen MR) is 63.8 cm³/mol. The van der Waals surface area contributed by atoms with Gasteiger partial charge in [-0.2, -0.15) is 0 Å². The molecule has 0 saturated carbocycles. The monoisotopic (exact) mass is 203 g/mol. The van der Waals surface area contributed by atoms with E-state index >= 15 is 0 Å². The maximum absolute atomic E-state index is 2.74. The van der Waals surface area contributed by atoms with Crippen molar-refractivity contribution in [3.8, 4) is 0 Å². The fourth-order valence-electron chi connectivity index (χ4n) is 3.74. The van der Waals surface area contributed by atoms with Crippen LogP contribution in [0.4, 0.5) is 0 Å². The van der Waals surface area contributed by atoms with Gasteiger partial charge in [-0.1, -0.05) is 22.8 Å². The second-order valence-corrected chi connectivity index (χ2v) is 5.42. The van der Waals surface area contributed by atoms with Crippen molar-refractivity contribution >= 4 is 0 Å². The van der Waals surface area contributed by atoms with Gasteiger partial charge in [0.05, 0.1) is 0 Å². The summed E-state index contributed by atoms with van der Waals surface area (Å²) in [5.74, 6) is 0.846. The zero-order valence-corrected chi connectivity index (χ0v) is 9.92. The SMILES string of the molecule is CC1=C(C)C2CCCN3CCCC(=C1)C23. The number of nitrogens with zero attached hydrogens (tertiary/aromatic N) is 1. The molecule has 1 heteroatoms. The fourth-order valence-corrected chi connectivity index (χ4v) is 3.74. The third-order valence-corrected chi connectivity index (χ3v) is 4.61. The molecule has 82 valence electrons. The quantitative estimate of drug-likeness (QED) is 0.584. The van der Waals surface area contributed by atoms with Gasteiger partial charge >= 0.3 is 0 Å². The van der Waals surface area contributed by atoms with Crippen LogP contribution in [0.2, 0.25) is 0 Å². The fraction of sp³-hybridized carbons (Fsp3) is 0.714. The maximum atomic E-state index is 2.74. The number of allylic oxidation sites excluding steroid dienone is 2. The molecule has 2 heterocycles. The summed E-state index contributed by atoms with van der Waals surface area (Å²) in [5, 5.41) is 0. The smallest absolute Gasteiger partial charge is 0.0376 e. The van der Waals surface area contributed by atoms with Crippen LogP contribution in [0.5, 0.6) is 0 Å². The summed E-state index contributed by atoms with van der Waals surface area (Å²) in [6.45, 7) is 7.33. The van der Waals surface area contributed by atoms with Gasteiger partial charge in [-0.05, 0) is 58.5 Å². The molecule has 3 aliphatic rings. The Bertz CT molecular complexity index is 335. The van der Waals surface area contributed by atoms with Gasteiger partial charge in [0.25, 0.3) is 0 Å². The highest BCUT2D eigenvalue weighted by Gasteiger charge is 2.38. The molecule has 0 spiro atoms. The number of piperidine rings is 2. The molecule has 2 unspecified atom stereocenters. The Morgan fingerprint density at radius 3 is 2.87 bits per heavy atom. The first-order valence-electron chi connectivity index (χ1n) is 6.39. The molecule has 2 aliphatic heterocycles. The number of hydrogen-bond acceptors (Lipinski definition) is 1. The molecule has 2 atom stereocenters. The van der Waals surface area contributed by atoms with Crippen LogP contribution in [-0.4, -0.2) is 24.0 Å². The normalized spacial score (nSPS) is 36.3. The van der Waals surface area contributed by atoms with E-state index in [0.717, 1.165) is 12.0 Å². The van der Waals surface area contributed by atoms with Crippen molar-refractivity contribution in [2.45, 2.75) is 45.6 Å². The highest BCUT2D eigenvalue weighted by Crippen LogP contribution is 2.42. The summed E-state index contributed by atoms with van der Waals surface area (Å²) in [4.78, 5) is 2.74. The first-order valence-corrected chi connectivity index (χ1v) is 6.39. The maximum Gasteiger partial charge on any atom is 0.0376 e. The van der Waals surface area contributed by atoms with Crippen LogP contribution >= 0.6 is 0 Å². The zero-order chi connectivity index (χ0) is 10.4. The predicted octanol–water partition coefficient (Wildman–Crippen LogP) is 3.14. The lowest BCUT2D eigenvalue weighted by Crippen LogP contribution is -2.50. The lowest BCUT2D eigenvalue weighted by atomic mass is 9.72. The topological polar surface area (TPSA) is 3.24 Å². The Morgan fingerprint density at radius 2 is 2.00 bits per heavy atom. The lowest BCUT2D eigenvalue weighted by Gasteiger charge is -2.48. The molecule has 3 rings (SSSR count). The van der Waals surface area contributed by atoms with Crippen molar-refractivity contribution in [1.82, 2.24) is 4.90 Å². The van der Waals surface area contributed by atoms with Gasteiger partial charge < -0.3 is 0 Å². The van der Waals surface area contributed by atoms with Crippen LogP contribution in [-0.2, 0) is 0 Å². The highest BCUT2D eigenvalue weighted by atomic mass is 15.2. The summed E-state index contributed by atoms with van der Waals surface area (Å²) in [6.07, 6.45) is 8.03. The minimum absolute atomic E-state index is 0.788. The average molecular weight is 203 g/mol. The summed E-state index contributed by atoms with van der Waals surface area (Å²) >= 11 is 0. The van der Waals surface area contributed by atoms with E-state index in [-0.39, 0.29) is 0 Å². The van der Waals surface area contributed by atoms with E-state index in [4.69, 9.17) is 0 Å². The minimum atomic E-state index is 0.788. The minimum Gasteiger partial charge on any atom is -0.296 e. The van der Waals surface area contributed by atoms with Crippen LogP contribution in [0.25, 0.3) is 0 Å². The van der Waals surface area contributed by atoms with Gasteiger partial charge in [0, 0.05) is 6.04 Å². The third-order valence-electron chi connectivity index (χ3n) is 4.61. The van der Waals surface area contributed by atoms with Crippen molar-refractivity contribution in [2.75, 3.05) is 13.1 Å². The van der Waals surface area contributed by atoms with Crippen LogP contribution < -0.4 is 0 Å². The van der Waals surface area contributed by atoms with Crippen LogP contribution in [0.3, 0.4) is 0 Å². The summed E-state index contributed by atoms with van der Waals surface area (Å²) < 4.78 is 0. The molecule has 1 aliphatic carbocycles. The molecule has 1 nitrogen and oxygen atoms in total. The number of rotatable bonds is 0. The standard InChI is InChI=1S/C14H21N/c1-10-9-12-5-3-7-15-8-4-6-13(11(10)2)14(12)15/h9,13-14H,3-8H2,1-2H3. The van der Waals surface area contributed by atoms with Crippen LogP contribution in [0, 0.1) is 5.92 Å². The molecular weight excluding hydrogens is 182 g/mol. The van der Waals surface area contributed by atoms with E-state index in [0.29, 0.717) is 0 Å². The molecule has 0 amide bonds. The average Bonchev–Trinajstić information content (AvgIpc) is 2.26. The summed E-state index contributed by atoms with van der Waals surface area (Å²) in [5.41, 5.74) is 4.94. The first kappa shape index (κ1) is 9.65. The van der Waals surface area contributed by atoms with Crippen molar-refractivity contribution in [2.24, 2.45) is 5.92 Å². The zero-order valence-electron chi connectivity index (χ0n) is 9.92. The van der Waals surface area contributed by atoms with E-state index in [1.54, 1.807) is 16.7 Å². The van der Waals surface area contributed by atoms with Gasteiger partial charge in [0.2, 0.25) is 0 Å². The van der Waals surface area contributed by atoms with E-state index in [1.807, 2.05) is 0 Å². The van der Waals surface area contributed by atoms with Crippen LogP contribution in [0.15, 0.2) is 22.8 Å². The van der Waals surface area contributed by atoms with Crippen molar-refractivity contribution < 1.29 is 0 Å². The molecule has 2 fully saturated rings. The Morgan fingerprint density at radius 1 is 1.20 bits per heavy atom. The molecular formula is C14H21N. The van der Waals surface area contributed by atoms with E-state index in [2.05, 4.69) is 24.8 Å². The van der Waals surface area contributed by atoms with Gasteiger partial charge in [-0.15, -0.1) is 0 Å². The molecule has 0 aromatic rings. The molecule has 2 saturated heterocycles. The Kier molecular flexibility index (Phi) is 2.24. The molecule has 0 aromatic carbocycles. The van der Waals surface area contributed by atoms with E-state index < -0.39 is 0 Å². The first-order chi connectivity index (χ1) is 7.27. The van der Waals surface area contributed by atoms with Crippen molar-refractivity contribution in [1.29, 1.82) is 0 Å². The third kappa shape index (κ3) is 1.40. The van der Waals surface area contributed by atoms with Gasteiger partial charge in [-0.25, -0.2) is 0 Å². The summed E-state index contributed by atoms with van der Waals surface area (Å²) in [6, 6.07) is 0.788. The molecule has 0 N–H and O–H groups in total. The Labute approximate surface area is 92.8 Å². The second kappa shape index (κ2) is 3.48. The van der Waals surface area contributed by atoms with Gasteiger partial charge in [0.15, 0.2) is 0 Å². The molecule has 0 bridgehead atoms. The van der Waals surface area contributed by atoms with Crippen LogP contribution in [0.1, 0.15) is 39.5 Å². The van der Waals surface area contributed by atoms with Gasteiger partial charge in [-0.3, -0.25) is 4.90 Å². The van der Waals surface area contributed by atoms with Crippen molar-refractivity contribution in [3.05, 3.63) is 22.8 Å². The molecule has 0 aromatic heterocycles. The molecule has 15 heavy (non-hydrogen) atoms. The lowest BCUT2D eigenvalue weighted by molar-refractivity contribution is 0.108. The number of hydrogen-bond donors (Lipinski definition) is 0. The second-order valence-electron chi connectivity index (χ2n) is 5.42. The van der Waals surface area contributed by atoms with Gasteiger partial charge in [0.1, 0.15) is 0 Å².